The average Bonchev–Trinajstić information content (AvgIpc) is 3.36. The fraction of sp³-hybridized carbons (Fsp3) is 0.529. The van der Waals surface area contributed by atoms with Crippen molar-refractivity contribution in [2.45, 2.75) is 44.2 Å². The van der Waals surface area contributed by atoms with E-state index >= 15 is 0 Å². The van der Waals surface area contributed by atoms with Gasteiger partial charge in [-0.2, -0.15) is 0 Å². The summed E-state index contributed by atoms with van der Waals surface area (Å²) in [5.41, 5.74) is 0.646. The number of pyridine rings is 1. The van der Waals surface area contributed by atoms with Crippen LogP contribution in [-0.4, -0.2) is 45.1 Å². The van der Waals surface area contributed by atoms with Crippen molar-refractivity contribution in [1.82, 2.24) is 25.4 Å². The van der Waals surface area contributed by atoms with Gasteiger partial charge in [0, 0.05) is 36.5 Å². The monoisotopic (exact) mass is 327 g/mol. The molecule has 7 nitrogen and oxygen atoms in total. The molecule has 7 heteroatoms. The predicted octanol–water partition coefficient (Wildman–Crippen LogP) is 1.74. The first kappa shape index (κ1) is 15.3. The second-order valence-corrected chi connectivity index (χ2v) is 6.59. The molecule has 1 saturated heterocycles. The summed E-state index contributed by atoms with van der Waals surface area (Å²) >= 11 is 0. The predicted molar refractivity (Wildman–Crippen MR) is 86.3 cm³/mol. The molecule has 2 aliphatic rings. The van der Waals surface area contributed by atoms with Crippen LogP contribution in [0, 0.1) is 0 Å². The van der Waals surface area contributed by atoms with Crippen LogP contribution in [0.2, 0.25) is 0 Å². The number of amides is 1. The van der Waals surface area contributed by atoms with Crippen LogP contribution in [0.3, 0.4) is 0 Å². The summed E-state index contributed by atoms with van der Waals surface area (Å²) in [6, 6.07) is 3.60. The highest BCUT2D eigenvalue weighted by atomic mass is 16.4. The van der Waals surface area contributed by atoms with Gasteiger partial charge in [-0.1, -0.05) is 0 Å². The van der Waals surface area contributed by atoms with Crippen LogP contribution in [0.4, 0.5) is 0 Å². The molecular formula is C17H21N5O2. The first-order chi connectivity index (χ1) is 11.8. The van der Waals surface area contributed by atoms with Gasteiger partial charge in [0.25, 0.3) is 5.91 Å². The number of carbonyl (C=O) groups is 1. The Labute approximate surface area is 140 Å². The number of piperidine rings is 1. The summed E-state index contributed by atoms with van der Waals surface area (Å²) in [6.45, 7) is 2.45. The Morgan fingerprint density at radius 2 is 2.08 bits per heavy atom. The molecule has 1 aliphatic carbocycles. The Kier molecular flexibility index (Phi) is 4.25. The first-order valence-electron chi connectivity index (χ1n) is 8.53. The van der Waals surface area contributed by atoms with Crippen molar-refractivity contribution in [2.24, 2.45) is 0 Å². The zero-order chi connectivity index (χ0) is 16.4. The molecule has 1 atom stereocenters. The molecule has 2 aromatic heterocycles. The van der Waals surface area contributed by atoms with Gasteiger partial charge in [-0.25, -0.2) is 0 Å². The highest BCUT2D eigenvalue weighted by molar-refractivity contribution is 5.94. The van der Waals surface area contributed by atoms with Crippen LogP contribution in [0.1, 0.15) is 53.7 Å². The SMILES string of the molecule is O=C(NC1CCCN(Cc2nnc(C3CC3)o2)C1)c1ccncc1. The topological polar surface area (TPSA) is 84.2 Å². The lowest BCUT2D eigenvalue weighted by Gasteiger charge is -2.32. The molecule has 1 N–H and O–H groups in total. The molecule has 4 rings (SSSR count). The molecule has 126 valence electrons. The van der Waals surface area contributed by atoms with Gasteiger partial charge < -0.3 is 9.73 Å². The Bertz CT molecular complexity index is 698. The molecule has 24 heavy (non-hydrogen) atoms. The van der Waals surface area contributed by atoms with Gasteiger partial charge in [0.05, 0.1) is 6.54 Å². The fourth-order valence-electron chi connectivity index (χ4n) is 3.11. The van der Waals surface area contributed by atoms with Crippen molar-refractivity contribution in [3.8, 4) is 0 Å². The molecule has 0 radical (unpaired) electrons. The van der Waals surface area contributed by atoms with Crippen LogP contribution in [0.25, 0.3) is 0 Å². The minimum atomic E-state index is -0.0435. The summed E-state index contributed by atoms with van der Waals surface area (Å²) in [6.07, 6.45) is 7.63. The highest BCUT2D eigenvalue weighted by Crippen LogP contribution is 2.39. The standard InChI is InChI=1S/C17H21N5O2/c23-16(12-5-7-18-8-6-12)19-14-2-1-9-22(10-14)11-15-20-21-17(24-15)13-3-4-13/h5-8,13-14H,1-4,9-11H2,(H,19,23). The molecule has 2 aromatic rings. The zero-order valence-corrected chi connectivity index (χ0v) is 13.5. The number of nitrogens with zero attached hydrogens (tertiary/aromatic N) is 4. The van der Waals surface area contributed by atoms with Crippen LogP contribution < -0.4 is 5.32 Å². The van der Waals surface area contributed by atoms with Crippen molar-refractivity contribution in [2.75, 3.05) is 13.1 Å². The highest BCUT2D eigenvalue weighted by Gasteiger charge is 2.30. The summed E-state index contributed by atoms with van der Waals surface area (Å²) in [5, 5.41) is 11.4. The third kappa shape index (κ3) is 3.62. The van der Waals surface area contributed by atoms with Crippen LogP contribution >= 0.6 is 0 Å². The van der Waals surface area contributed by atoms with E-state index in [4.69, 9.17) is 4.42 Å². The summed E-state index contributed by atoms with van der Waals surface area (Å²) in [7, 11) is 0. The molecule has 0 bridgehead atoms. The van der Waals surface area contributed by atoms with E-state index < -0.39 is 0 Å². The molecule has 3 heterocycles. The normalized spacial score (nSPS) is 21.6. The third-order valence-corrected chi connectivity index (χ3v) is 4.55. The van der Waals surface area contributed by atoms with Crippen molar-refractivity contribution < 1.29 is 9.21 Å². The lowest BCUT2D eigenvalue weighted by atomic mass is 10.1. The van der Waals surface area contributed by atoms with Gasteiger partial charge in [0.2, 0.25) is 11.8 Å². The third-order valence-electron chi connectivity index (χ3n) is 4.55. The van der Waals surface area contributed by atoms with Gasteiger partial charge in [-0.05, 0) is 44.4 Å². The number of aromatic nitrogens is 3. The van der Waals surface area contributed by atoms with Crippen LogP contribution in [-0.2, 0) is 6.54 Å². The Balaban J connectivity index is 1.32. The fourth-order valence-corrected chi connectivity index (χ4v) is 3.11. The van der Waals surface area contributed by atoms with Gasteiger partial charge in [0.15, 0.2) is 0 Å². The minimum absolute atomic E-state index is 0.0435. The van der Waals surface area contributed by atoms with E-state index in [0.29, 0.717) is 23.9 Å². The number of hydrogen-bond donors (Lipinski definition) is 1. The number of rotatable bonds is 5. The second-order valence-electron chi connectivity index (χ2n) is 6.59. The molecule has 0 aromatic carbocycles. The average molecular weight is 327 g/mol. The number of likely N-dealkylation sites (tertiary alicyclic amines) is 1. The second kappa shape index (κ2) is 6.68. The lowest BCUT2D eigenvalue weighted by Crippen LogP contribution is -2.47. The van der Waals surface area contributed by atoms with Gasteiger partial charge in [-0.3, -0.25) is 14.7 Å². The van der Waals surface area contributed by atoms with E-state index in [1.807, 2.05) is 0 Å². The van der Waals surface area contributed by atoms with E-state index in [9.17, 15) is 4.79 Å². The number of hydrogen-bond acceptors (Lipinski definition) is 6. The summed E-state index contributed by atoms with van der Waals surface area (Å²) in [4.78, 5) is 18.5. The summed E-state index contributed by atoms with van der Waals surface area (Å²) < 4.78 is 5.74. The van der Waals surface area contributed by atoms with Crippen molar-refractivity contribution >= 4 is 5.91 Å². The van der Waals surface area contributed by atoms with Gasteiger partial charge in [-0.15, -0.1) is 10.2 Å². The molecule has 2 fully saturated rings. The largest absolute Gasteiger partial charge is 0.424 e. The molecule has 0 spiro atoms. The van der Waals surface area contributed by atoms with Crippen LogP contribution in [0.15, 0.2) is 28.9 Å². The Morgan fingerprint density at radius 3 is 2.88 bits per heavy atom. The smallest absolute Gasteiger partial charge is 0.251 e. The quantitative estimate of drug-likeness (QED) is 0.900. The van der Waals surface area contributed by atoms with E-state index in [0.717, 1.165) is 44.7 Å². The number of nitrogens with one attached hydrogen (secondary N) is 1. The van der Waals surface area contributed by atoms with Gasteiger partial charge in [0.1, 0.15) is 0 Å². The minimum Gasteiger partial charge on any atom is -0.424 e. The molecule has 1 amide bonds. The van der Waals surface area contributed by atoms with E-state index in [-0.39, 0.29) is 11.9 Å². The maximum Gasteiger partial charge on any atom is 0.251 e. The van der Waals surface area contributed by atoms with E-state index in [1.54, 1.807) is 24.5 Å². The molecule has 1 unspecified atom stereocenters. The number of carbonyl (C=O) groups excluding carboxylic acids is 1. The van der Waals surface area contributed by atoms with E-state index in [2.05, 4.69) is 25.4 Å². The first-order valence-corrected chi connectivity index (χ1v) is 8.53. The summed E-state index contributed by atoms with van der Waals surface area (Å²) in [5.74, 6) is 1.90. The van der Waals surface area contributed by atoms with Crippen LogP contribution in [0.5, 0.6) is 0 Å². The molecule has 1 aliphatic heterocycles. The molecular weight excluding hydrogens is 306 g/mol. The van der Waals surface area contributed by atoms with Gasteiger partial charge >= 0.3 is 0 Å². The maximum atomic E-state index is 12.3. The Hall–Kier alpha value is -2.28. The van der Waals surface area contributed by atoms with Crippen molar-refractivity contribution in [3.63, 3.8) is 0 Å². The lowest BCUT2D eigenvalue weighted by molar-refractivity contribution is 0.0896. The molecule has 1 saturated carbocycles. The Morgan fingerprint density at radius 1 is 1.25 bits per heavy atom. The van der Waals surface area contributed by atoms with Crippen molar-refractivity contribution in [3.05, 3.63) is 41.9 Å². The van der Waals surface area contributed by atoms with Crippen molar-refractivity contribution in [1.29, 1.82) is 0 Å². The van der Waals surface area contributed by atoms with E-state index in [1.165, 1.54) is 0 Å². The maximum absolute atomic E-state index is 12.3. The zero-order valence-electron chi connectivity index (χ0n) is 13.5.